The number of anilines is 1. The molecule has 1 atom stereocenters. The summed E-state index contributed by atoms with van der Waals surface area (Å²) in [5.74, 6) is 1.31. The maximum Gasteiger partial charge on any atom is 0.225 e. The summed E-state index contributed by atoms with van der Waals surface area (Å²) in [5, 5.41) is 5.85. The largest absolute Gasteiger partial charge is 0.493 e. The number of rotatable bonds is 5. The highest BCUT2D eigenvalue weighted by Gasteiger charge is 2.33. The van der Waals surface area contributed by atoms with Gasteiger partial charge in [-0.15, -0.1) is 11.3 Å². The Morgan fingerprint density at radius 3 is 2.71 bits per heavy atom. The second-order valence-electron chi connectivity index (χ2n) is 6.51. The highest BCUT2D eigenvalue weighted by atomic mass is 35.5. The molecule has 4 nitrogen and oxygen atoms in total. The third-order valence-electron chi connectivity index (χ3n) is 4.84. The Balaban J connectivity index is 1.83. The number of hydrogen-bond donors (Lipinski definition) is 1. The van der Waals surface area contributed by atoms with E-state index in [1.807, 2.05) is 49.4 Å². The number of amides is 1. The zero-order valence-corrected chi connectivity index (χ0v) is 17.2. The normalized spacial score (nSPS) is 15.7. The van der Waals surface area contributed by atoms with Crippen molar-refractivity contribution in [3.8, 4) is 22.6 Å². The van der Waals surface area contributed by atoms with Gasteiger partial charge in [0.25, 0.3) is 0 Å². The molecule has 0 fully saturated rings. The number of thiophene rings is 1. The van der Waals surface area contributed by atoms with Gasteiger partial charge in [0.1, 0.15) is 0 Å². The lowest BCUT2D eigenvalue weighted by Gasteiger charge is -2.26. The number of nitrogens with one attached hydrogen (secondary N) is 1. The number of ether oxygens (including phenoxy) is 2. The van der Waals surface area contributed by atoms with Crippen molar-refractivity contribution in [2.75, 3.05) is 19.0 Å². The van der Waals surface area contributed by atoms with Gasteiger partial charge in [-0.1, -0.05) is 35.9 Å². The first-order valence-electron chi connectivity index (χ1n) is 9.09. The first kappa shape index (κ1) is 18.8. The van der Waals surface area contributed by atoms with E-state index in [0.717, 1.165) is 27.3 Å². The quantitative estimate of drug-likeness (QED) is 0.562. The van der Waals surface area contributed by atoms with Crippen molar-refractivity contribution in [2.24, 2.45) is 0 Å². The van der Waals surface area contributed by atoms with Crippen LogP contribution < -0.4 is 14.8 Å². The summed E-state index contributed by atoms with van der Waals surface area (Å²) < 4.78 is 11.4. The van der Waals surface area contributed by atoms with Crippen molar-refractivity contribution in [1.29, 1.82) is 0 Å². The number of hydrogen-bond acceptors (Lipinski definition) is 4. The van der Waals surface area contributed by atoms with E-state index in [2.05, 4.69) is 10.7 Å². The molecule has 6 heteroatoms. The summed E-state index contributed by atoms with van der Waals surface area (Å²) in [7, 11) is 1.63. The fourth-order valence-electron chi connectivity index (χ4n) is 3.59. The summed E-state index contributed by atoms with van der Waals surface area (Å²) >= 11 is 7.68. The van der Waals surface area contributed by atoms with Crippen molar-refractivity contribution in [1.82, 2.24) is 0 Å². The highest BCUT2D eigenvalue weighted by molar-refractivity contribution is 7.11. The molecule has 1 aromatic heterocycles. The molecule has 2 heterocycles. The molecule has 0 spiro atoms. The Kier molecular flexibility index (Phi) is 5.29. The van der Waals surface area contributed by atoms with Crippen LogP contribution in [-0.2, 0) is 4.79 Å². The first-order valence-corrected chi connectivity index (χ1v) is 10.3. The number of para-hydroxylation sites is 1. The minimum Gasteiger partial charge on any atom is -0.493 e. The number of halogens is 1. The number of benzene rings is 2. The standard InChI is InChI=1S/C22H20ClNO3S/c1-3-27-21-15(5-4-6-18(21)26-2)16-11-19(25)24-20-17(12-28-22(16)20)13-7-9-14(23)10-8-13/h4-10,12,16H,3,11H2,1-2H3,(H,24,25)/t16-/m1/s1. The molecule has 1 aliphatic heterocycles. The van der Waals surface area contributed by atoms with Crippen LogP contribution in [0.5, 0.6) is 11.5 Å². The molecule has 4 rings (SSSR count). The van der Waals surface area contributed by atoms with Crippen LogP contribution in [0, 0.1) is 0 Å². The molecule has 0 radical (unpaired) electrons. The minimum absolute atomic E-state index is 0.00335. The van der Waals surface area contributed by atoms with Gasteiger partial charge >= 0.3 is 0 Å². The average Bonchev–Trinajstić information content (AvgIpc) is 3.12. The van der Waals surface area contributed by atoms with Crippen LogP contribution in [0.2, 0.25) is 5.02 Å². The van der Waals surface area contributed by atoms with Crippen LogP contribution in [0.15, 0.2) is 47.8 Å². The predicted molar refractivity (Wildman–Crippen MR) is 114 cm³/mol. The van der Waals surface area contributed by atoms with E-state index in [0.29, 0.717) is 29.5 Å². The van der Waals surface area contributed by atoms with Crippen molar-refractivity contribution < 1.29 is 14.3 Å². The zero-order valence-electron chi connectivity index (χ0n) is 15.6. The van der Waals surface area contributed by atoms with Gasteiger partial charge < -0.3 is 14.8 Å². The molecule has 1 N–H and O–H groups in total. The molecule has 28 heavy (non-hydrogen) atoms. The van der Waals surface area contributed by atoms with E-state index in [4.69, 9.17) is 21.1 Å². The van der Waals surface area contributed by atoms with Gasteiger partial charge in [0.2, 0.25) is 5.91 Å². The molecule has 0 saturated heterocycles. The van der Waals surface area contributed by atoms with E-state index in [9.17, 15) is 4.79 Å². The fraction of sp³-hybridized carbons (Fsp3) is 0.227. The van der Waals surface area contributed by atoms with Gasteiger partial charge in [-0.05, 0) is 30.7 Å². The van der Waals surface area contributed by atoms with Crippen LogP contribution in [0.4, 0.5) is 5.69 Å². The van der Waals surface area contributed by atoms with Gasteiger partial charge in [0.05, 0.1) is 19.4 Å². The number of fused-ring (bicyclic) bond motifs is 1. The summed E-state index contributed by atoms with van der Waals surface area (Å²) in [6.07, 6.45) is 0.376. The molecule has 1 amide bonds. The van der Waals surface area contributed by atoms with Crippen LogP contribution in [0.3, 0.4) is 0 Å². The van der Waals surface area contributed by atoms with E-state index in [-0.39, 0.29) is 11.8 Å². The number of carbonyl (C=O) groups is 1. The van der Waals surface area contributed by atoms with Crippen molar-refractivity contribution in [3.63, 3.8) is 0 Å². The lowest BCUT2D eigenvalue weighted by atomic mass is 9.88. The maximum atomic E-state index is 12.6. The molecule has 2 aromatic carbocycles. The second kappa shape index (κ2) is 7.86. The lowest BCUT2D eigenvalue weighted by Crippen LogP contribution is -2.23. The summed E-state index contributed by atoms with van der Waals surface area (Å²) in [6.45, 7) is 2.47. The first-order chi connectivity index (χ1) is 13.6. The molecule has 0 unspecified atom stereocenters. The third-order valence-corrected chi connectivity index (χ3v) is 6.19. The lowest BCUT2D eigenvalue weighted by molar-refractivity contribution is -0.116. The maximum absolute atomic E-state index is 12.6. The summed E-state index contributed by atoms with van der Waals surface area (Å²) in [5.41, 5.74) is 3.88. The molecule has 1 aliphatic rings. The molecular formula is C22H20ClNO3S. The van der Waals surface area contributed by atoms with Gasteiger partial charge in [-0.2, -0.15) is 0 Å². The number of carbonyl (C=O) groups excluding carboxylic acids is 1. The van der Waals surface area contributed by atoms with Crippen LogP contribution >= 0.6 is 22.9 Å². The smallest absolute Gasteiger partial charge is 0.225 e. The fourth-order valence-corrected chi connectivity index (χ4v) is 4.86. The van der Waals surface area contributed by atoms with E-state index < -0.39 is 0 Å². The van der Waals surface area contributed by atoms with E-state index >= 15 is 0 Å². The SMILES string of the molecule is CCOc1c(OC)cccc1[C@H]1CC(=O)Nc2c(-c3ccc(Cl)cc3)csc21. The van der Waals surface area contributed by atoms with Crippen molar-refractivity contribution >= 4 is 34.5 Å². The minimum atomic E-state index is -0.0774. The average molecular weight is 414 g/mol. The van der Waals surface area contributed by atoms with Gasteiger partial charge in [0.15, 0.2) is 11.5 Å². The van der Waals surface area contributed by atoms with Crippen molar-refractivity contribution in [3.05, 3.63) is 63.3 Å². The van der Waals surface area contributed by atoms with Crippen molar-refractivity contribution in [2.45, 2.75) is 19.3 Å². The van der Waals surface area contributed by atoms with Gasteiger partial charge in [-0.25, -0.2) is 0 Å². The van der Waals surface area contributed by atoms with E-state index in [1.54, 1.807) is 18.4 Å². The highest BCUT2D eigenvalue weighted by Crippen LogP contribution is 2.49. The molecule has 0 aliphatic carbocycles. The molecular weight excluding hydrogens is 394 g/mol. The molecule has 0 bridgehead atoms. The number of methoxy groups -OCH3 is 1. The summed E-state index contributed by atoms with van der Waals surface area (Å²) in [4.78, 5) is 13.7. The summed E-state index contributed by atoms with van der Waals surface area (Å²) in [6, 6.07) is 13.5. The molecule has 144 valence electrons. The van der Waals surface area contributed by atoms with Crippen LogP contribution in [0.1, 0.15) is 29.7 Å². The Morgan fingerprint density at radius 1 is 1.21 bits per heavy atom. The van der Waals surface area contributed by atoms with Crippen LogP contribution in [0.25, 0.3) is 11.1 Å². The molecule has 3 aromatic rings. The van der Waals surface area contributed by atoms with Gasteiger partial charge in [0, 0.05) is 38.7 Å². The second-order valence-corrected chi connectivity index (χ2v) is 7.86. The predicted octanol–water partition coefficient (Wildman–Crippen LogP) is 5.95. The van der Waals surface area contributed by atoms with E-state index in [1.165, 1.54) is 0 Å². The Labute approximate surface area is 173 Å². The molecule has 0 saturated carbocycles. The zero-order chi connectivity index (χ0) is 19.7. The Bertz CT molecular complexity index is 1010. The topological polar surface area (TPSA) is 47.6 Å². The van der Waals surface area contributed by atoms with Gasteiger partial charge in [-0.3, -0.25) is 4.79 Å². The third kappa shape index (κ3) is 3.36. The Hall–Kier alpha value is -2.50. The van der Waals surface area contributed by atoms with Crippen LogP contribution in [-0.4, -0.2) is 19.6 Å². The Morgan fingerprint density at radius 2 is 2.00 bits per heavy atom. The monoisotopic (exact) mass is 413 g/mol.